The Morgan fingerprint density at radius 1 is 1.14 bits per heavy atom. The highest BCUT2D eigenvalue weighted by molar-refractivity contribution is 7.17. The molecule has 154 valence electrons. The molecule has 0 bridgehead atoms. The molecule has 3 heterocycles. The largest absolute Gasteiger partial charge is 0.365 e. The van der Waals surface area contributed by atoms with E-state index in [1.165, 1.54) is 16.2 Å². The fraction of sp³-hybridized carbons (Fsp3) is 0.700. The summed E-state index contributed by atoms with van der Waals surface area (Å²) >= 11 is 1.52. The number of anilines is 1. The third-order valence-corrected chi connectivity index (χ3v) is 7.20. The third-order valence-electron chi connectivity index (χ3n) is 5.99. The van der Waals surface area contributed by atoms with E-state index in [-0.39, 0.29) is 12.2 Å². The Labute approximate surface area is 169 Å². The van der Waals surface area contributed by atoms with Crippen molar-refractivity contribution in [3.63, 3.8) is 0 Å². The molecule has 0 atom stereocenters. The van der Waals surface area contributed by atoms with Gasteiger partial charge >= 0.3 is 0 Å². The van der Waals surface area contributed by atoms with Crippen LogP contribution >= 0.6 is 11.3 Å². The smallest absolute Gasteiger partial charge is 0.251 e. The number of hydrogen-bond acceptors (Lipinski definition) is 6. The minimum Gasteiger partial charge on any atom is -0.365 e. The van der Waals surface area contributed by atoms with Crippen LogP contribution in [0.5, 0.6) is 0 Å². The minimum absolute atomic E-state index is 0.0393. The van der Waals surface area contributed by atoms with Crippen LogP contribution in [0.15, 0.2) is 0 Å². The van der Waals surface area contributed by atoms with Crippen molar-refractivity contribution < 1.29 is 19.1 Å². The molecule has 0 unspecified atom stereocenters. The Kier molecular flexibility index (Phi) is 6.30. The number of likely N-dealkylation sites (tertiary alicyclic amines) is 1. The molecular formula is C20H29N3O4S. The highest BCUT2D eigenvalue weighted by Gasteiger charge is 2.30. The zero-order chi connectivity index (χ0) is 19.5. The van der Waals surface area contributed by atoms with Gasteiger partial charge in [-0.15, -0.1) is 11.3 Å². The monoisotopic (exact) mass is 407 g/mol. The highest BCUT2D eigenvalue weighted by atomic mass is 32.1. The lowest BCUT2D eigenvalue weighted by atomic mass is 9.95. The molecule has 0 radical (unpaired) electrons. The van der Waals surface area contributed by atoms with Gasteiger partial charge in [-0.3, -0.25) is 9.59 Å². The van der Waals surface area contributed by atoms with Crippen LogP contribution in [0, 0.1) is 5.92 Å². The summed E-state index contributed by atoms with van der Waals surface area (Å²) in [5.74, 6) is -0.0260. The average molecular weight is 408 g/mol. The number of carbonyl (C=O) groups excluding carboxylic acids is 2. The molecule has 3 aliphatic rings. The van der Waals surface area contributed by atoms with Crippen LogP contribution in [0.4, 0.5) is 5.00 Å². The summed E-state index contributed by atoms with van der Waals surface area (Å²) in [6.45, 7) is 4.04. The van der Waals surface area contributed by atoms with Gasteiger partial charge in [0.05, 0.1) is 18.8 Å². The van der Waals surface area contributed by atoms with Crippen LogP contribution in [0.25, 0.3) is 0 Å². The summed E-state index contributed by atoms with van der Waals surface area (Å²) < 4.78 is 11.2. The highest BCUT2D eigenvalue weighted by Crippen LogP contribution is 2.38. The van der Waals surface area contributed by atoms with Crippen molar-refractivity contribution in [3.05, 3.63) is 16.0 Å². The molecule has 0 aromatic carbocycles. The van der Waals surface area contributed by atoms with Crippen LogP contribution in [0.2, 0.25) is 0 Å². The lowest BCUT2D eigenvalue weighted by molar-refractivity contribution is -0.117. The molecule has 2 amide bonds. The van der Waals surface area contributed by atoms with Crippen molar-refractivity contribution in [2.75, 3.05) is 38.2 Å². The topological polar surface area (TPSA) is 93.9 Å². The minimum atomic E-state index is -0.437. The zero-order valence-corrected chi connectivity index (χ0v) is 17.0. The van der Waals surface area contributed by atoms with E-state index in [2.05, 4.69) is 10.2 Å². The number of amides is 2. The maximum absolute atomic E-state index is 12.5. The first kappa shape index (κ1) is 19.8. The van der Waals surface area contributed by atoms with E-state index in [9.17, 15) is 9.59 Å². The summed E-state index contributed by atoms with van der Waals surface area (Å²) in [6, 6.07) is 0. The SMILES string of the molecule is NC(=O)c1c(NC(=O)CCN2CCC(C3OCCO3)CC2)sc2c1CCCC2. The number of ether oxygens (including phenoxy) is 2. The standard InChI is InChI=1S/C20H29N3O4S/c21-18(25)17-14-3-1-2-4-15(14)28-19(17)22-16(24)7-10-23-8-5-13(6-9-23)20-26-11-12-27-20/h13,20H,1-12H2,(H2,21,25)(H,22,24). The number of fused-ring (bicyclic) bond motifs is 1. The van der Waals surface area contributed by atoms with E-state index >= 15 is 0 Å². The Morgan fingerprint density at radius 2 is 1.86 bits per heavy atom. The number of nitrogens with zero attached hydrogens (tertiary/aromatic N) is 1. The number of nitrogens with two attached hydrogens (primary N) is 1. The fourth-order valence-electron chi connectivity index (χ4n) is 4.46. The van der Waals surface area contributed by atoms with Gasteiger partial charge in [0, 0.05) is 23.8 Å². The summed E-state index contributed by atoms with van der Waals surface area (Å²) in [5, 5.41) is 3.59. The molecular weight excluding hydrogens is 378 g/mol. The summed E-state index contributed by atoms with van der Waals surface area (Å²) in [5.41, 5.74) is 7.19. The Balaban J connectivity index is 1.27. The van der Waals surface area contributed by atoms with Crippen LogP contribution in [-0.2, 0) is 27.1 Å². The van der Waals surface area contributed by atoms with Gasteiger partial charge in [-0.1, -0.05) is 0 Å². The molecule has 0 saturated carbocycles. The molecule has 8 heteroatoms. The normalized spacial score (nSPS) is 21.6. The molecule has 2 fully saturated rings. The predicted octanol–water partition coefficient (Wildman–Crippen LogP) is 2.14. The Hall–Kier alpha value is -1.48. The molecule has 28 heavy (non-hydrogen) atoms. The average Bonchev–Trinajstić information content (AvgIpc) is 3.34. The molecule has 1 aromatic rings. The summed E-state index contributed by atoms with van der Waals surface area (Å²) in [7, 11) is 0. The Bertz CT molecular complexity index is 721. The second-order valence-electron chi connectivity index (χ2n) is 7.87. The molecule has 1 aromatic heterocycles. The second-order valence-corrected chi connectivity index (χ2v) is 8.97. The molecule has 2 aliphatic heterocycles. The summed E-state index contributed by atoms with van der Waals surface area (Å²) in [6.07, 6.45) is 6.51. The Morgan fingerprint density at radius 3 is 2.57 bits per heavy atom. The van der Waals surface area contributed by atoms with Crippen molar-refractivity contribution in [1.29, 1.82) is 0 Å². The molecule has 1 aliphatic carbocycles. The van der Waals surface area contributed by atoms with E-state index in [1.54, 1.807) is 0 Å². The first-order valence-corrected chi connectivity index (χ1v) is 11.1. The predicted molar refractivity (Wildman–Crippen MR) is 108 cm³/mol. The van der Waals surface area contributed by atoms with Gasteiger partial charge in [0.15, 0.2) is 6.29 Å². The van der Waals surface area contributed by atoms with Crippen molar-refractivity contribution >= 4 is 28.2 Å². The van der Waals surface area contributed by atoms with Gasteiger partial charge in [0.2, 0.25) is 5.91 Å². The van der Waals surface area contributed by atoms with Gasteiger partial charge in [0.1, 0.15) is 5.00 Å². The molecule has 2 saturated heterocycles. The van der Waals surface area contributed by atoms with Gasteiger partial charge in [0.25, 0.3) is 5.91 Å². The first-order valence-electron chi connectivity index (χ1n) is 10.3. The first-order chi connectivity index (χ1) is 13.6. The number of primary amides is 1. The molecule has 0 spiro atoms. The molecule has 4 rings (SSSR count). The van der Waals surface area contributed by atoms with Crippen LogP contribution < -0.4 is 11.1 Å². The number of nitrogens with one attached hydrogen (secondary N) is 1. The molecule has 7 nitrogen and oxygen atoms in total. The zero-order valence-electron chi connectivity index (χ0n) is 16.2. The lowest BCUT2D eigenvalue weighted by Crippen LogP contribution is -2.39. The van der Waals surface area contributed by atoms with Crippen LogP contribution in [-0.4, -0.2) is 55.9 Å². The van der Waals surface area contributed by atoms with E-state index in [0.717, 1.165) is 63.7 Å². The quantitative estimate of drug-likeness (QED) is 0.754. The van der Waals surface area contributed by atoms with Crippen molar-refractivity contribution in [2.45, 2.75) is 51.2 Å². The van der Waals surface area contributed by atoms with E-state index in [0.29, 0.717) is 36.1 Å². The van der Waals surface area contributed by atoms with Gasteiger partial charge in [-0.05, 0) is 57.2 Å². The number of hydrogen-bond donors (Lipinski definition) is 2. The lowest BCUT2D eigenvalue weighted by Gasteiger charge is -2.33. The van der Waals surface area contributed by atoms with Crippen molar-refractivity contribution in [1.82, 2.24) is 4.90 Å². The van der Waals surface area contributed by atoms with Crippen molar-refractivity contribution in [2.24, 2.45) is 11.7 Å². The third kappa shape index (κ3) is 4.40. The van der Waals surface area contributed by atoms with E-state index < -0.39 is 5.91 Å². The maximum atomic E-state index is 12.5. The number of thiophene rings is 1. The van der Waals surface area contributed by atoms with Crippen molar-refractivity contribution in [3.8, 4) is 0 Å². The van der Waals surface area contributed by atoms with Gasteiger partial charge in [-0.25, -0.2) is 0 Å². The number of carbonyl (C=O) groups is 2. The van der Waals surface area contributed by atoms with Gasteiger partial charge < -0.3 is 25.4 Å². The molecule has 3 N–H and O–H groups in total. The fourth-order valence-corrected chi connectivity index (χ4v) is 5.77. The van der Waals surface area contributed by atoms with Crippen LogP contribution in [0.1, 0.15) is 52.9 Å². The van der Waals surface area contributed by atoms with Crippen LogP contribution in [0.3, 0.4) is 0 Å². The van der Waals surface area contributed by atoms with Gasteiger partial charge in [-0.2, -0.15) is 0 Å². The second kappa shape index (κ2) is 8.90. The number of piperidine rings is 1. The van der Waals surface area contributed by atoms with E-state index in [1.807, 2.05) is 0 Å². The summed E-state index contributed by atoms with van der Waals surface area (Å²) in [4.78, 5) is 27.9. The number of rotatable bonds is 6. The maximum Gasteiger partial charge on any atom is 0.251 e. The van der Waals surface area contributed by atoms with E-state index in [4.69, 9.17) is 15.2 Å². The number of aryl methyl sites for hydroxylation is 1.